The van der Waals surface area contributed by atoms with E-state index < -0.39 is 5.60 Å². The van der Waals surface area contributed by atoms with E-state index in [1.807, 2.05) is 25.7 Å². The Kier molecular flexibility index (Phi) is 2.96. The van der Waals surface area contributed by atoms with E-state index in [4.69, 9.17) is 4.74 Å². The lowest BCUT2D eigenvalue weighted by Crippen LogP contribution is -2.34. The molecule has 1 aliphatic heterocycles. The van der Waals surface area contributed by atoms with E-state index in [-0.39, 0.29) is 6.09 Å². The van der Waals surface area contributed by atoms with Gasteiger partial charge >= 0.3 is 6.09 Å². The fourth-order valence-electron chi connectivity index (χ4n) is 2.48. The van der Waals surface area contributed by atoms with Crippen LogP contribution in [0.15, 0.2) is 11.8 Å². The molecule has 1 saturated heterocycles. The normalized spacial score (nSPS) is 25.1. The molecule has 1 aliphatic carbocycles. The van der Waals surface area contributed by atoms with Gasteiger partial charge < -0.3 is 4.74 Å². The average Bonchev–Trinajstić information content (AvgIpc) is 2.58. The second-order valence-corrected chi connectivity index (χ2v) is 5.68. The molecule has 3 heteroatoms. The molecule has 1 amide bonds. The highest BCUT2D eigenvalue weighted by Crippen LogP contribution is 2.36. The van der Waals surface area contributed by atoms with E-state index >= 15 is 0 Å². The number of hydrogen-bond acceptors (Lipinski definition) is 2. The van der Waals surface area contributed by atoms with Crippen LogP contribution in [0.5, 0.6) is 0 Å². The van der Waals surface area contributed by atoms with Crippen molar-refractivity contribution in [1.82, 2.24) is 4.90 Å². The summed E-state index contributed by atoms with van der Waals surface area (Å²) in [7, 11) is 0. The predicted molar refractivity (Wildman–Crippen MR) is 63.0 cm³/mol. The molecule has 0 radical (unpaired) electrons. The quantitative estimate of drug-likeness (QED) is 0.630. The van der Waals surface area contributed by atoms with Crippen molar-refractivity contribution < 1.29 is 9.53 Å². The van der Waals surface area contributed by atoms with E-state index in [9.17, 15) is 4.79 Å². The second-order valence-electron chi connectivity index (χ2n) is 5.68. The van der Waals surface area contributed by atoms with E-state index in [1.165, 1.54) is 18.5 Å². The minimum absolute atomic E-state index is 0.178. The van der Waals surface area contributed by atoms with Gasteiger partial charge in [0.1, 0.15) is 5.60 Å². The molecule has 0 N–H and O–H groups in total. The Morgan fingerprint density at radius 3 is 2.88 bits per heavy atom. The maximum atomic E-state index is 12.0. The predicted octanol–water partition coefficient (Wildman–Crippen LogP) is 3.31. The molecule has 0 saturated carbocycles. The van der Waals surface area contributed by atoms with Crippen molar-refractivity contribution in [3.8, 4) is 0 Å². The Balaban J connectivity index is 2.05. The van der Waals surface area contributed by atoms with Crippen LogP contribution in [0.4, 0.5) is 4.79 Å². The summed E-state index contributed by atoms with van der Waals surface area (Å²) in [6.07, 6.45) is 6.73. The molecule has 0 bridgehead atoms. The Hall–Kier alpha value is -0.990. The summed E-state index contributed by atoms with van der Waals surface area (Å²) < 4.78 is 5.42. The van der Waals surface area contributed by atoms with Crippen molar-refractivity contribution in [2.45, 2.75) is 52.1 Å². The molecule has 0 aromatic carbocycles. The topological polar surface area (TPSA) is 29.5 Å². The standard InChI is InChI=1S/C13H21NO2/c1-13(2,3)16-12(15)14-9-8-10-6-4-5-7-11(10)14/h7,10H,4-6,8-9H2,1-3H3. The number of carbonyl (C=O) groups is 1. The average molecular weight is 223 g/mol. The summed E-state index contributed by atoms with van der Waals surface area (Å²) in [4.78, 5) is 13.8. The first-order valence-corrected chi connectivity index (χ1v) is 6.18. The number of allylic oxidation sites excluding steroid dienone is 2. The van der Waals surface area contributed by atoms with Gasteiger partial charge in [0.05, 0.1) is 0 Å². The highest BCUT2D eigenvalue weighted by molar-refractivity contribution is 5.71. The van der Waals surface area contributed by atoms with Crippen LogP contribution in [-0.2, 0) is 4.74 Å². The van der Waals surface area contributed by atoms with E-state index in [0.29, 0.717) is 5.92 Å². The molecule has 0 aromatic rings. The van der Waals surface area contributed by atoms with Gasteiger partial charge in [0.2, 0.25) is 0 Å². The van der Waals surface area contributed by atoms with Crippen LogP contribution in [0.25, 0.3) is 0 Å². The van der Waals surface area contributed by atoms with Crippen LogP contribution in [0.3, 0.4) is 0 Å². The van der Waals surface area contributed by atoms with Gasteiger partial charge in [0.25, 0.3) is 0 Å². The van der Waals surface area contributed by atoms with Crippen LogP contribution in [-0.4, -0.2) is 23.1 Å². The van der Waals surface area contributed by atoms with Crippen molar-refractivity contribution in [3.05, 3.63) is 11.8 Å². The van der Waals surface area contributed by atoms with E-state index in [1.54, 1.807) is 0 Å². The molecule has 1 heterocycles. The van der Waals surface area contributed by atoms with Gasteiger partial charge in [-0.2, -0.15) is 0 Å². The molecule has 2 rings (SSSR count). The number of ether oxygens (including phenoxy) is 1. The van der Waals surface area contributed by atoms with E-state index in [2.05, 4.69) is 6.08 Å². The number of nitrogens with zero attached hydrogens (tertiary/aromatic N) is 1. The molecule has 1 atom stereocenters. The summed E-state index contributed by atoms with van der Waals surface area (Å²) >= 11 is 0. The zero-order valence-corrected chi connectivity index (χ0v) is 10.5. The minimum Gasteiger partial charge on any atom is -0.443 e. The third-order valence-electron chi connectivity index (χ3n) is 3.16. The summed E-state index contributed by atoms with van der Waals surface area (Å²) in [6, 6.07) is 0. The lowest BCUT2D eigenvalue weighted by molar-refractivity contribution is 0.0334. The molecular formula is C13H21NO2. The first kappa shape index (κ1) is 11.5. The third-order valence-corrected chi connectivity index (χ3v) is 3.16. The molecule has 2 aliphatic rings. The Morgan fingerprint density at radius 1 is 1.44 bits per heavy atom. The number of amides is 1. The second kappa shape index (κ2) is 4.11. The molecule has 1 unspecified atom stereocenters. The van der Waals surface area contributed by atoms with Gasteiger partial charge in [0, 0.05) is 18.2 Å². The highest BCUT2D eigenvalue weighted by atomic mass is 16.6. The molecule has 90 valence electrons. The van der Waals surface area contributed by atoms with Crippen molar-refractivity contribution in [2.24, 2.45) is 5.92 Å². The smallest absolute Gasteiger partial charge is 0.414 e. The SMILES string of the molecule is CC(C)(C)OC(=O)N1CCC2CCCC=C21. The van der Waals surface area contributed by atoms with Crippen molar-refractivity contribution in [3.63, 3.8) is 0 Å². The Morgan fingerprint density at radius 2 is 2.19 bits per heavy atom. The largest absolute Gasteiger partial charge is 0.443 e. The molecule has 1 fully saturated rings. The van der Waals surface area contributed by atoms with Crippen molar-refractivity contribution in [2.75, 3.05) is 6.54 Å². The fourth-order valence-corrected chi connectivity index (χ4v) is 2.48. The van der Waals surface area contributed by atoms with Gasteiger partial charge in [-0.05, 0) is 46.5 Å². The van der Waals surface area contributed by atoms with Crippen LogP contribution < -0.4 is 0 Å². The minimum atomic E-state index is -0.398. The maximum absolute atomic E-state index is 12.0. The van der Waals surface area contributed by atoms with Crippen molar-refractivity contribution >= 4 is 6.09 Å². The summed E-state index contributed by atoms with van der Waals surface area (Å²) in [5.41, 5.74) is 0.810. The number of likely N-dealkylation sites (tertiary alicyclic amines) is 1. The van der Waals surface area contributed by atoms with Gasteiger partial charge in [-0.1, -0.05) is 6.08 Å². The summed E-state index contributed by atoms with van der Waals surface area (Å²) in [6.45, 7) is 6.56. The van der Waals surface area contributed by atoms with Gasteiger partial charge in [-0.15, -0.1) is 0 Å². The lowest BCUT2D eigenvalue weighted by atomic mass is 9.93. The van der Waals surface area contributed by atoms with Crippen molar-refractivity contribution in [1.29, 1.82) is 0 Å². The summed E-state index contributed by atoms with van der Waals surface area (Å²) in [5.74, 6) is 0.598. The summed E-state index contributed by atoms with van der Waals surface area (Å²) in [5, 5.41) is 0. The monoisotopic (exact) mass is 223 g/mol. The van der Waals surface area contributed by atoms with E-state index in [0.717, 1.165) is 19.4 Å². The van der Waals surface area contributed by atoms with Gasteiger partial charge in [0.15, 0.2) is 0 Å². The molecule has 16 heavy (non-hydrogen) atoms. The third kappa shape index (κ3) is 2.39. The Labute approximate surface area is 97.5 Å². The first-order valence-electron chi connectivity index (χ1n) is 6.18. The molecule has 0 aromatic heterocycles. The number of rotatable bonds is 0. The number of fused-ring (bicyclic) bond motifs is 1. The van der Waals surface area contributed by atoms with Crippen LogP contribution in [0.1, 0.15) is 46.5 Å². The first-order chi connectivity index (χ1) is 7.47. The van der Waals surface area contributed by atoms with Crippen LogP contribution >= 0.6 is 0 Å². The molecule has 0 spiro atoms. The van der Waals surface area contributed by atoms with Gasteiger partial charge in [-0.3, -0.25) is 4.90 Å². The molecular weight excluding hydrogens is 202 g/mol. The number of hydrogen-bond donors (Lipinski definition) is 0. The van der Waals surface area contributed by atoms with Gasteiger partial charge in [-0.25, -0.2) is 4.79 Å². The highest BCUT2D eigenvalue weighted by Gasteiger charge is 2.35. The van der Waals surface area contributed by atoms with Crippen LogP contribution in [0, 0.1) is 5.92 Å². The maximum Gasteiger partial charge on any atom is 0.414 e. The fraction of sp³-hybridized carbons (Fsp3) is 0.769. The zero-order valence-electron chi connectivity index (χ0n) is 10.5. The van der Waals surface area contributed by atoms with Crippen LogP contribution in [0.2, 0.25) is 0 Å². The lowest BCUT2D eigenvalue weighted by Gasteiger charge is -2.27. The number of carbonyl (C=O) groups excluding carboxylic acids is 1. The Bertz CT molecular complexity index is 314. The molecule has 3 nitrogen and oxygen atoms in total. The zero-order chi connectivity index (χ0) is 11.8.